The van der Waals surface area contributed by atoms with E-state index in [1.54, 1.807) is 4.31 Å². The first-order chi connectivity index (χ1) is 8.14. The SMILES string of the molecule is CCCC1CCN(S(=O)(=O)C2CCNC2)CC1. The summed E-state index contributed by atoms with van der Waals surface area (Å²) in [7, 11) is -3.03. The second-order valence-electron chi connectivity index (χ2n) is 5.29. The summed E-state index contributed by atoms with van der Waals surface area (Å²) in [6, 6.07) is 0. The van der Waals surface area contributed by atoms with Gasteiger partial charge in [0.1, 0.15) is 0 Å². The summed E-state index contributed by atoms with van der Waals surface area (Å²) in [5, 5.41) is 2.97. The zero-order chi connectivity index (χ0) is 12.3. The molecule has 1 unspecified atom stereocenters. The second-order valence-corrected chi connectivity index (χ2v) is 7.50. The zero-order valence-corrected chi connectivity index (χ0v) is 11.5. The van der Waals surface area contributed by atoms with Crippen LogP contribution in [0.2, 0.25) is 0 Å². The van der Waals surface area contributed by atoms with E-state index in [2.05, 4.69) is 12.2 Å². The van der Waals surface area contributed by atoms with Crippen LogP contribution in [0.1, 0.15) is 39.0 Å². The Morgan fingerprint density at radius 3 is 2.47 bits per heavy atom. The maximum absolute atomic E-state index is 12.3. The Hall–Kier alpha value is -0.130. The van der Waals surface area contributed by atoms with Gasteiger partial charge in [0, 0.05) is 19.6 Å². The van der Waals surface area contributed by atoms with Gasteiger partial charge in [-0.15, -0.1) is 0 Å². The number of sulfonamides is 1. The number of hydrogen-bond donors (Lipinski definition) is 1. The topological polar surface area (TPSA) is 49.4 Å². The average molecular weight is 260 g/mol. The van der Waals surface area contributed by atoms with Gasteiger partial charge in [0.15, 0.2) is 0 Å². The van der Waals surface area contributed by atoms with Gasteiger partial charge in [0.05, 0.1) is 5.25 Å². The minimum atomic E-state index is -3.03. The van der Waals surface area contributed by atoms with Crippen molar-refractivity contribution >= 4 is 10.0 Å². The van der Waals surface area contributed by atoms with E-state index in [0.29, 0.717) is 6.54 Å². The Balaban J connectivity index is 1.91. The lowest BCUT2D eigenvalue weighted by molar-refractivity contribution is 0.260. The molecule has 0 bridgehead atoms. The van der Waals surface area contributed by atoms with Crippen LogP contribution in [0, 0.1) is 5.92 Å². The van der Waals surface area contributed by atoms with Crippen LogP contribution >= 0.6 is 0 Å². The van der Waals surface area contributed by atoms with Crippen LogP contribution in [-0.4, -0.2) is 44.2 Å². The predicted octanol–water partition coefficient (Wildman–Crippen LogP) is 1.19. The first-order valence-corrected chi connectivity index (χ1v) is 8.34. The van der Waals surface area contributed by atoms with E-state index in [4.69, 9.17) is 0 Å². The van der Waals surface area contributed by atoms with Crippen LogP contribution in [0.25, 0.3) is 0 Å². The van der Waals surface area contributed by atoms with E-state index in [1.807, 2.05) is 0 Å². The third-order valence-electron chi connectivity index (χ3n) is 4.07. The van der Waals surface area contributed by atoms with Crippen molar-refractivity contribution < 1.29 is 8.42 Å². The molecule has 0 aliphatic carbocycles. The molecule has 0 amide bonds. The van der Waals surface area contributed by atoms with Crippen LogP contribution < -0.4 is 5.32 Å². The van der Waals surface area contributed by atoms with Crippen LogP contribution in [0.4, 0.5) is 0 Å². The summed E-state index contributed by atoms with van der Waals surface area (Å²) < 4.78 is 26.4. The van der Waals surface area contributed by atoms with E-state index in [9.17, 15) is 8.42 Å². The molecular formula is C12H24N2O2S. The van der Waals surface area contributed by atoms with Gasteiger partial charge in [-0.3, -0.25) is 0 Å². The number of piperidine rings is 1. The van der Waals surface area contributed by atoms with Crippen molar-refractivity contribution in [3.05, 3.63) is 0 Å². The van der Waals surface area contributed by atoms with Crippen molar-refractivity contribution in [3.63, 3.8) is 0 Å². The molecule has 2 fully saturated rings. The van der Waals surface area contributed by atoms with Gasteiger partial charge in [-0.25, -0.2) is 12.7 Å². The Kier molecular flexibility index (Phi) is 4.44. The van der Waals surface area contributed by atoms with Crippen molar-refractivity contribution in [2.45, 2.75) is 44.3 Å². The molecule has 5 heteroatoms. The van der Waals surface area contributed by atoms with E-state index in [0.717, 1.165) is 44.8 Å². The molecule has 100 valence electrons. The van der Waals surface area contributed by atoms with Crippen molar-refractivity contribution in [2.24, 2.45) is 5.92 Å². The van der Waals surface area contributed by atoms with Crippen molar-refractivity contribution in [2.75, 3.05) is 26.2 Å². The maximum atomic E-state index is 12.3. The van der Waals surface area contributed by atoms with E-state index >= 15 is 0 Å². The fraction of sp³-hybridized carbons (Fsp3) is 1.00. The molecule has 17 heavy (non-hydrogen) atoms. The molecule has 2 aliphatic rings. The van der Waals surface area contributed by atoms with Crippen molar-refractivity contribution in [3.8, 4) is 0 Å². The van der Waals surface area contributed by atoms with E-state index in [-0.39, 0.29) is 5.25 Å². The van der Waals surface area contributed by atoms with Gasteiger partial charge in [0.2, 0.25) is 10.0 Å². The van der Waals surface area contributed by atoms with E-state index in [1.165, 1.54) is 12.8 Å². The van der Waals surface area contributed by atoms with Crippen molar-refractivity contribution in [1.82, 2.24) is 9.62 Å². The molecule has 4 nitrogen and oxygen atoms in total. The molecule has 0 spiro atoms. The van der Waals surface area contributed by atoms with Gasteiger partial charge in [-0.05, 0) is 31.7 Å². The fourth-order valence-corrected chi connectivity index (χ4v) is 4.84. The van der Waals surface area contributed by atoms with Gasteiger partial charge in [-0.2, -0.15) is 0 Å². The van der Waals surface area contributed by atoms with Crippen LogP contribution in [0.3, 0.4) is 0 Å². The first kappa shape index (κ1) is 13.3. The van der Waals surface area contributed by atoms with Gasteiger partial charge < -0.3 is 5.32 Å². The Bertz CT molecular complexity index is 328. The third-order valence-corrected chi connectivity index (χ3v) is 6.40. The number of rotatable bonds is 4. The summed E-state index contributed by atoms with van der Waals surface area (Å²) in [5.74, 6) is 0.744. The van der Waals surface area contributed by atoms with Crippen LogP contribution in [0.15, 0.2) is 0 Å². The fourth-order valence-electron chi connectivity index (χ4n) is 2.95. The summed E-state index contributed by atoms with van der Waals surface area (Å²) >= 11 is 0. The van der Waals surface area contributed by atoms with Crippen LogP contribution in [0.5, 0.6) is 0 Å². The van der Waals surface area contributed by atoms with Crippen LogP contribution in [-0.2, 0) is 10.0 Å². The molecule has 1 atom stereocenters. The minimum absolute atomic E-state index is 0.176. The summed E-state index contributed by atoms with van der Waals surface area (Å²) in [4.78, 5) is 0. The highest BCUT2D eigenvalue weighted by molar-refractivity contribution is 7.89. The maximum Gasteiger partial charge on any atom is 0.218 e. The number of nitrogens with zero attached hydrogens (tertiary/aromatic N) is 1. The predicted molar refractivity (Wildman–Crippen MR) is 69.4 cm³/mol. The van der Waals surface area contributed by atoms with Gasteiger partial charge in [-0.1, -0.05) is 19.8 Å². The third kappa shape index (κ3) is 3.01. The standard InChI is InChI=1S/C12H24N2O2S/c1-2-3-11-5-8-14(9-6-11)17(15,16)12-4-7-13-10-12/h11-13H,2-10H2,1H3. The van der Waals surface area contributed by atoms with Gasteiger partial charge >= 0.3 is 0 Å². The monoisotopic (exact) mass is 260 g/mol. The summed E-state index contributed by atoms with van der Waals surface area (Å²) in [5.41, 5.74) is 0. The molecule has 2 aliphatic heterocycles. The smallest absolute Gasteiger partial charge is 0.218 e. The summed E-state index contributed by atoms with van der Waals surface area (Å²) in [6.45, 7) is 5.16. The largest absolute Gasteiger partial charge is 0.315 e. The first-order valence-electron chi connectivity index (χ1n) is 6.84. The Labute approximate surface area is 105 Å². The molecule has 0 radical (unpaired) electrons. The molecule has 2 rings (SSSR count). The molecular weight excluding hydrogens is 236 g/mol. The Morgan fingerprint density at radius 2 is 1.94 bits per heavy atom. The molecule has 0 aromatic rings. The van der Waals surface area contributed by atoms with Gasteiger partial charge in [0.25, 0.3) is 0 Å². The number of hydrogen-bond acceptors (Lipinski definition) is 3. The highest BCUT2D eigenvalue weighted by Gasteiger charge is 2.35. The molecule has 0 aromatic heterocycles. The molecule has 2 saturated heterocycles. The van der Waals surface area contributed by atoms with E-state index < -0.39 is 10.0 Å². The lowest BCUT2D eigenvalue weighted by Gasteiger charge is -2.32. The van der Waals surface area contributed by atoms with Crippen molar-refractivity contribution in [1.29, 1.82) is 0 Å². The highest BCUT2D eigenvalue weighted by Crippen LogP contribution is 2.25. The highest BCUT2D eigenvalue weighted by atomic mass is 32.2. The lowest BCUT2D eigenvalue weighted by Crippen LogP contribution is -2.44. The zero-order valence-electron chi connectivity index (χ0n) is 10.7. The molecule has 0 aromatic carbocycles. The molecule has 2 heterocycles. The Morgan fingerprint density at radius 1 is 1.24 bits per heavy atom. The average Bonchev–Trinajstić information content (AvgIpc) is 2.84. The quantitative estimate of drug-likeness (QED) is 0.826. The number of nitrogens with one attached hydrogen (secondary N) is 1. The minimum Gasteiger partial charge on any atom is -0.315 e. The molecule has 1 N–H and O–H groups in total. The lowest BCUT2D eigenvalue weighted by atomic mass is 9.94. The molecule has 0 saturated carbocycles. The normalized spacial score (nSPS) is 28.6. The summed E-state index contributed by atoms with van der Waals surface area (Å²) in [6.07, 6.45) is 5.33. The second kappa shape index (κ2) is 5.67.